The summed E-state index contributed by atoms with van der Waals surface area (Å²) in [6, 6.07) is 10.9. The van der Waals surface area contributed by atoms with Gasteiger partial charge in [0.2, 0.25) is 0 Å². The van der Waals surface area contributed by atoms with Crippen LogP contribution in [0.15, 0.2) is 36.5 Å². The first-order valence-electron chi connectivity index (χ1n) is 8.60. The van der Waals surface area contributed by atoms with Gasteiger partial charge in [-0.25, -0.2) is 4.98 Å². The van der Waals surface area contributed by atoms with Gasteiger partial charge in [-0.05, 0) is 5.56 Å². The molecule has 2 saturated heterocycles. The molecule has 3 heterocycles. The topological polar surface area (TPSA) is 54.6 Å². The second-order valence-electron chi connectivity index (χ2n) is 6.58. The molecule has 5 nitrogen and oxygen atoms in total. The third-order valence-electron chi connectivity index (χ3n) is 4.87. The smallest absolute Gasteiger partial charge is 0.185 e. The fourth-order valence-corrected chi connectivity index (χ4v) is 4.59. The minimum atomic E-state index is 0.207. The maximum absolute atomic E-state index is 6.40. The van der Waals surface area contributed by atoms with Crippen LogP contribution in [0.2, 0.25) is 0 Å². The summed E-state index contributed by atoms with van der Waals surface area (Å²) in [6.45, 7) is 6.40. The van der Waals surface area contributed by atoms with Crippen LogP contribution in [0, 0.1) is 0 Å². The van der Waals surface area contributed by atoms with Crippen LogP contribution in [0.1, 0.15) is 16.4 Å². The molecule has 4 rings (SSSR count). The summed E-state index contributed by atoms with van der Waals surface area (Å²) in [6.07, 6.45) is 2.02. The molecule has 2 atom stereocenters. The highest BCUT2D eigenvalue weighted by molar-refractivity contribution is 7.15. The number of likely N-dealkylation sites (tertiary alicyclic amines) is 1. The summed E-state index contributed by atoms with van der Waals surface area (Å²) in [4.78, 5) is 10.7. The number of thiazole rings is 1. The Bertz CT molecular complexity index is 656. The Balaban J connectivity index is 1.38. The van der Waals surface area contributed by atoms with Crippen molar-refractivity contribution in [1.29, 1.82) is 0 Å². The number of benzene rings is 1. The Morgan fingerprint density at radius 3 is 2.75 bits per heavy atom. The van der Waals surface area contributed by atoms with E-state index in [1.165, 1.54) is 10.4 Å². The number of rotatable bonds is 4. The summed E-state index contributed by atoms with van der Waals surface area (Å²) in [5.41, 5.74) is 7.75. The number of aromatic nitrogens is 1. The second-order valence-corrected chi connectivity index (χ2v) is 7.68. The predicted octanol–water partition coefficient (Wildman–Crippen LogP) is 1.91. The zero-order valence-electron chi connectivity index (χ0n) is 13.8. The van der Waals surface area contributed by atoms with Crippen molar-refractivity contribution in [1.82, 2.24) is 9.88 Å². The Hall–Kier alpha value is -1.47. The minimum absolute atomic E-state index is 0.207. The molecule has 2 aliphatic heterocycles. The molecule has 1 aromatic heterocycles. The Morgan fingerprint density at radius 1 is 1.17 bits per heavy atom. The van der Waals surface area contributed by atoms with Crippen LogP contribution >= 0.6 is 11.3 Å². The average molecular weight is 344 g/mol. The fourth-order valence-electron chi connectivity index (χ4n) is 3.59. The van der Waals surface area contributed by atoms with E-state index in [9.17, 15) is 0 Å². The zero-order chi connectivity index (χ0) is 16.4. The third kappa shape index (κ3) is 3.47. The number of ether oxygens (including phenoxy) is 1. The summed E-state index contributed by atoms with van der Waals surface area (Å²) < 4.78 is 5.41. The molecule has 0 radical (unpaired) electrons. The van der Waals surface area contributed by atoms with Crippen molar-refractivity contribution >= 4 is 16.5 Å². The minimum Gasteiger partial charge on any atom is -0.378 e. The van der Waals surface area contributed by atoms with Crippen molar-refractivity contribution < 1.29 is 4.74 Å². The summed E-state index contributed by atoms with van der Waals surface area (Å²) in [5, 5.41) is 1.12. The Kier molecular flexibility index (Phi) is 4.80. The number of hydrogen-bond acceptors (Lipinski definition) is 6. The second kappa shape index (κ2) is 7.19. The number of nitrogens with two attached hydrogens (primary N) is 1. The zero-order valence-corrected chi connectivity index (χ0v) is 14.6. The highest BCUT2D eigenvalue weighted by Gasteiger charge is 2.31. The largest absolute Gasteiger partial charge is 0.378 e. The molecular weight excluding hydrogens is 320 g/mol. The SMILES string of the molecule is N[C@@H]1CN(Cc2cnc(N3CCOCC3)s2)C[C@H]1c1ccccc1. The maximum atomic E-state index is 6.40. The average Bonchev–Trinajstić information content (AvgIpc) is 3.23. The maximum Gasteiger partial charge on any atom is 0.185 e. The van der Waals surface area contributed by atoms with Gasteiger partial charge in [-0.1, -0.05) is 30.3 Å². The van der Waals surface area contributed by atoms with E-state index >= 15 is 0 Å². The van der Waals surface area contributed by atoms with Gasteiger partial charge in [0, 0.05) is 55.8 Å². The van der Waals surface area contributed by atoms with Gasteiger partial charge < -0.3 is 15.4 Å². The van der Waals surface area contributed by atoms with Crippen LogP contribution in [0.5, 0.6) is 0 Å². The van der Waals surface area contributed by atoms with E-state index in [0.717, 1.165) is 51.1 Å². The predicted molar refractivity (Wildman–Crippen MR) is 97.6 cm³/mol. The van der Waals surface area contributed by atoms with E-state index in [0.29, 0.717) is 5.92 Å². The van der Waals surface area contributed by atoms with Crippen LogP contribution in [-0.2, 0) is 11.3 Å². The molecule has 2 aliphatic rings. The Morgan fingerprint density at radius 2 is 1.96 bits per heavy atom. The molecule has 24 heavy (non-hydrogen) atoms. The van der Waals surface area contributed by atoms with Crippen LogP contribution in [0.25, 0.3) is 0 Å². The van der Waals surface area contributed by atoms with Crippen molar-refractivity contribution in [2.45, 2.75) is 18.5 Å². The Labute approximate surface area is 147 Å². The number of anilines is 1. The lowest BCUT2D eigenvalue weighted by molar-refractivity contribution is 0.122. The molecule has 0 amide bonds. The highest BCUT2D eigenvalue weighted by atomic mass is 32.1. The van der Waals surface area contributed by atoms with Gasteiger partial charge >= 0.3 is 0 Å². The van der Waals surface area contributed by atoms with E-state index in [2.05, 4.69) is 45.1 Å². The molecular formula is C18H24N4OS. The van der Waals surface area contributed by atoms with Crippen molar-refractivity contribution in [2.75, 3.05) is 44.3 Å². The van der Waals surface area contributed by atoms with Crippen LogP contribution in [-0.4, -0.2) is 55.3 Å². The van der Waals surface area contributed by atoms with Crippen molar-refractivity contribution in [3.8, 4) is 0 Å². The molecule has 0 unspecified atom stereocenters. The van der Waals surface area contributed by atoms with Crippen molar-refractivity contribution in [2.24, 2.45) is 5.73 Å². The lowest BCUT2D eigenvalue weighted by Crippen LogP contribution is -2.36. The van der Waals surface area contributed by atoms with E-state index in [4.69, 9.17) is 10.5 Å². The third-order valence-corrected chi connectivity index (χ3v) is 5.91. The van der Waals surface area contributed by atoms with Crippen molar-refractivity contribution in [3.05, 3.63) is 47.0 Å². The fraction of sp³-hybridized carbons (Fsp3) is 0.500. The van der Waals surface area contributed by atoms with E-state index in [-0.39, 0.29) is 6.04 Å². The first-order chi connectivity index (χ1) is 11.8. The van der Waals surface area contributed by atoms with E-state index in [1.807, 2.05) is 6.20 Å². The van der Waals surface area contributed by atoms with E-state index in [1.54, 1.807) is 11.3 Å². The number of morpholine rings is 1. The lowest BCUT2D eigenvalue weighted by atomic mass is 9.95. The standard InChI is InChI=1S/C18H24N4OS/c19-17-13-21(12-16(17)14-4-2-1-3-5-14)11-15-10-20-18(24-15)22-6-8-23-9-7-22/h1-5,10,16-17H,6-9,11-13,19H2/t16-,17+/m0/s1. The highest BCUT2D eigenvalue weighted by Crippen LogP contribution is 2.30. The summed E-state index contributed by atoms with van der Waals surface area (Å²) in [5.74, 6) is 0.429. The molecule has 0 spiro atoms. The van der Waals surface area contributed by atoms with Gasteiger partial charge in [-0.15, -0.1) is 11.3 Å². The summed E-state index contributed by atoms with van der Waals surface area (Å²) >= 11 is 1.80. The van der Waals surface area contributed by atoms with Crippen LogP contribution in [0.4, 0.5) is 5.13 Å². The van der Waals surface area contributed by atoms with Gasteiger partial charge in [-0.2, -0.15) is 0 Å². The molecule has 2 aromatic rings. The molecule has 2 N–H and O–H groups in total. The van der Waals surface area contributed by atoms with E-state index < -0.39 is 0 Å². The number of nitrogens with zero attached hydrogens (tertiary/aromatic N) is 3. The van der Waals surface area contributed by atoms with Gasteiger partial charge in [0.05, 0.1) is 13.2 Å². The van der Waals surface area contributed by atoms with Gasteiger partial charge in [0.15, 0.2) is 5.13 Å². The monoisotopic (exact) mass is 344 g/mol. The van der Waals surface area contributed by atoms with Crippen LogP contribution in [0.3, 0.4) is 0 Å². The molecule has 128 valence electrons. The molecule has 2 fully saturated rings. The first-order valence-corrected chi connectivity index (χ1v) is 9.41. The van der Waals surface area contributed by atoms with Gasteiger partial charge in [0.25, 0.3) is 0 Å². The molecule has 6 heteroatoms. The van der Waals surface area contributed by atoms with Crippen LogP contribution < -0.4 is 10.6 Å². The molecule has 0 aliphatic carbocycles. The molecule has 1 aromatic carbocycles. The molecule has 0 saturated carbocycles. The lowest BCUT2D eigenvalue weighted by Gasteiger charge is -2.26. The normalized spacial score (nSPS) is 25.3. The van der Waals surface area contributed by atoms with Crippen molar-refractivity contribution in [3.63, 3.8) is 0 Å². The first kappa shape index (κ1) is 16.0. The quantitative estimate of drug-likeness (QED) is 0.918. The molecule has 0 bridgehead atoms. The van der Waals surface area contributed by atoms with Gasteiger partial charge in [-0.3, -0.25) is 4.90 Å². The summed E-state index contributed by atoms with van der Waals surface area (Å²) in [7, 11) is 0. The van der Waals surface area contributed by atoms with Gasteiger partial charge in [0.1, 0.15) is 0 Å². The number of hydrogen-bond donors (Lipinski definition) is 1.